The first-order chi connectivity index (χ1) is 15.1. The third kappa shape index (κ3) is 6.35. The predicted octanol–water partition coefficient (Wildman–Crippen LogP) is 4.10. The molecule has 6 nitrogen and oxygen atoms in total. The van der Waals surface area contributed by atoms with Gasteiger partial charge in [-0.1, -0.05) is 12.1 Å². The van der Waals surface area contributed by atoms with E-state index in [0.717, 1.165) is 18.7 Å². The first-order valence-electron chi connectivity index (χ1n) is 10.8. The molecule has 1 saturated heterocycles. The summed E-state index contributed by atoms with van der Waals surface area (Å²) < 4.78 is 10.9. The van der Waals surface area contributed by atoms with Gasteiger partial charge in [-0.15, -0.1) is 0 Å². The maximum Gasteiger partial charge on any atom is 0.257 e. The van der Waals surface area contributed by atoms with Gasteiger partial charge in [0, 0.05) is 30.9 Å². The van der Waals surface area contributed by atoms with Crippen LogP contribution in [0.25, 0.3) is 6.08 Å². The highest BCUT2D eigenvalue weighted by Crippen LogP contribution is 2.28. The van der Waals surface area contributed by atoms with E-state index in [9.17, 15) is 9.59 Å². The molecule has 0 unspecified atom stereocenters. The summed E-state index contributed by atoms with van der Waals surface area (Å²) in [6.45, 7) is 4.49. The molecule has 0 bridgehead atoms. The van der Waals surface area contributed by atoms with Gasteiger partial charge in [-0.3, -0.25) is 9.59 Å². The number of carbonyl (C=O) groups is 2. The lowest BCUT2D eigenvalue weighted by atomic mass is 10.1. The van der Waals surface area contributed by atoms with Crippen molar-refractivity contribution in [3.05, 3.63) is 59.7 Å². The van der Waals surface area contributed by atoms with Crippen LogP contribution in [-0.4, -0.2) is 45.0 Å². The molecule has 2 aromatic rings. The van der Waals surface area contributed by atoms with Crippen molar-refractivity contribution < 1.29 is 19.1 Å². The van der Waals surface area contributed by atoms with E-state index in [4.69, 9.17) is 9.47 Å². The van der Waals surface area contributed by atoms with Gasteiger partial charge in [0.05, 0.1) is 7.11 Å². The Morgan fingerprint density at radius 3 is 2.45 bits per heavy atom. The van der Waals surface area contributed by atoms with E-state index in [-0.39, 0.29) is 18.3 Å². The Kier molecular flexibility index (Phi) is 8.10. The van der Waals surface area contributed by atoms with Crippen molar-refractivity contribution in [2.45, 2.75) is 26.2 Å². The highest BCUT2D eigenvalue weighted by atomic mass is 16.5. The number of hydrogen-bond acceptors (Lipinski definition) is 5. The Morgan fingerprint density at radius 2 is 1.77 bits per heavy atom. The molecule has 31 heavy (non-hydrogen) atoms. The minimum Gasteiger partial charge on any atom is -0.493 e. The fraction of sp³-hybridized carbons (Fsp3) is 0.360. The van der Waals surface area contributed by atoms with Crippen LogP contribution in [0.4, 0.5) is 5.69 Å². The number of allylic oxidation sites excluding steroid dienone is 1. The number of anilines is 1. The summed E-state index contributed by atoms with van der Waals surface area (Å²) >= 11 is 0. The van der Waals surface area contributed by atoms with Crippen LogP contribution in [0.15, 0.2) is 48.5 Å². The van der Waals surface area contributed by atoms with Crippen LogP contribution in [0, 0.1) is 0 Å². The fourth-order valence-corrected chi connectivity index (χ4v) is 3.56. The van der Waals surface area contributed by atoms with Crippen LogP contribution in [0.2, 0.25) is 0 Å². The van der Waals surface area contributed by atoms with Crippen LogP contribution in [0.1, 0.15) is 42.1 Å². The number of carbonyl (C=O) groups excluding carboxylic acids is 2. The number of rotatable bonds is 9. The summed E-state index contributed by atoms with van der Waals surface area (Å²) in [5.41, 5.74) is 2.64. The second-order valence-electron chi connectivity index (χ2n) is 7.44. The topological polar surface area (TPSA) is 67.9 Å². The van der Waals surface area contributed by atoms with Gasteiger partial charge in [0.2, 0.25) is 0 Å². The van der Waals surface area contributed by atoms with Crippen molar-refractivity contribution in [3.8, 4) is 11.5 Å². The van der Waals surface area contributed by atoms with Crippen LogP contribution >= 0.6 is 0 Å². The molecule has 1 heterocycles. The molecule has 2 aromatic carbocycles. The summed E-state index contributed by atoms with van der Waals surface area (Å²) in [4.78, 5) is 26.5. The lowest BCUT2D eigenvalue weighted by Crippen LogP contribution is -2.29. The molecule has 0 spiro atoms. The van der Waals surface area contributed by atoms with Crippen LogP contribution in [0.3, 0.4) is 0 Å². The lowest BCUT2D eigenvalue weighted by Gasteiger charge is -2.28. The number of nitrogens with zero attached hydrogens (tertiary/aromatic N) is 1. The molecule has 0 radical (unpaired) electrons. The second kappa shape index (κ2) is 11.2. The maximum absolute atomic E-state index is 12.6. The van der Waals surface area contributed by atoms with Gasteiger partial charge in [-0.25, -0.2) is 0 Å². The van der Waals surface area contributed by atoms with Gasteiger partial charge < -0.3 is 19.7 Å². The summed E-state index contributed by atoms with van der Waals surface area (Å²) in [7, 11) is 1.54. The maximum atomic E-state index is 12.6. The van der Waals surface area contributed by atoms with Gasteiger partial charge in [0.25, 0.3) is 5.91 Å². The summed E-state index contributed by atoms with van der Waals surface area (Å²) in [6.07, 6.45) is 7.05. The molecule has 1 fully saturated rings. The zero-order chi connectivity index (χ0) is 22.1. The smallest absolute Gasteiger partial charge is 0.257 e. The minimum atomic E-state index is -0.189. The number of benzene rings is 2. The number of hydrogen-bond donors (Lipinski definition) is 1. The van der Waals surface area contributed by atoms with Gasteiger partial charge in [-0.05, 0) is 74.2 Å². The predicted molar refractivity (Wildman–Crippen MR) is 123 cm³/mol. The summed E-state index contributed by atoms with van der Waals surface area (Å²) in [5, 5.41) is 2.68. The molecule has 0 atom stereocenters. The fourth-order valence-electron chi connectivity index (χ4n) is 3.56. The van der Waals surface area contributed by atoms with Gasteiger partial charge in [0.15, 0.2) is 23.9 Å². The van der Waals surface area contributed by atoms with E-state index in [1.807, 2.05) is 37.3 Å². The number of ketones is 1. The van der Waals surface area contributed by atoms with Crippen molar-refractivity contribution in [1.29, 1.82) is 0 Å². The largest absolute Gasteiger partial charge is 0.493 e. The molecule has 6 heteroatoms. The van der Waals surface area contributed by atoms with Gasteiger partial charge in [0.1, 0.15) is 0 Å². The summed E-state index contributed by atoms with van der Waals surface area (Å²) in [5.74, 6) is 0.737. The Morgan fingerprint density at radius 1 is 1.03 bits per heavy atom. The van der Waals surface area contributed by atoms with E-state index in [0.29, 0.717) is 23.6 Å². The Labute approximate surface area is 183 Å². The molecule has 164 valence electrons. The Hall–Kier alpha value is -3.28. The molecule has 1 amide bonds. The normalized spacial score (nSPS) is 13.8. The van der Waals surface area contributed by atoms with Crippen LogP contribution < -0.4 is 19.7 Å². The van der Waals surface area contributed by atoms with Crippen molar-refractivity contribution >= 4 is 23.5 Å². The van der Waals surface area contributed by atoms with E-state index in [1.165, 1.54) is 32.1 Å². The Balaban J connectivity index is 1.62. The average molecular weight is 423 g/mol. The average Bonchev–Trinajstić information content (AvgIpc) is 2.82. The van der Waals surface area contributed by atoms with Gasteiger partial charge in [-0.2, -0.15) is 0 Å². The first-order valence-corrected chi connectivity index (χ1v) is 10.8. The molecule has 1 N–H and O–H groups in total. The molecule has 1 aliphatic heterocycles. The standard InChI is InChI=1S/C25H30N2O4/c1-3-26-25(29)18-31-23-14-8-19(17-24(23)30-2)7-13-22(28)20-9-11-21(12-10-20)27-15-5-4-6-16-27/h7-14,17H,3-6,15-16,18H2,1-2H3,(H,26,29)/b13-7+. The minimum absolute atomic E-state index is 0.0549. The van der Waals surface area contributed by atoms with E-state index in [2.05, 4.69) is 10.2 Å². The molecule has 0 aliphatic carbocycles. The molecular formula is C25H30N2O4. The van der Waals surface area contributed by atoms with Crippen LogP contribution in [-0.2, 0) is 4.79 Å². The van der Waals surface area contributed by atoms with Crippen molar-refractivity contribution in [1.82, 2.24) is 5.32 Å². The van der Waals surface area contributed by atoms with E-state index in [1.54, 1.807) is 24.3 Å². The van der Waals surface area contributed by atoms with Crippen molar-refractivity contribution in [2.24, 2.45) is 0 Å². The molecule has 1 aliphatic rings. The van der Waals surface area contributed by atoms with Crippen LogP contribution in [0.5, 0.6) is 11.5 Å². The zero-order valence-electron chi connectivity index (χ0n) is 18.2. The number of methoxy groups -OCH3 is 1. The number of piperidine rings is 1. The Bertz CT molecular complexity index is 916. The molecule has 3 rings (SSSR count). The van der Waals surface area contributed by atoms with Crippen molar-refractivity contribution in [3.63, 3.8) is 0 Å². The monoisotopic (exact) mass is 422 g/mol. The number of amides is 1. The van der Waals surface area contributed by atoms with Gasteiger partial charge >= 0.3 is 0 Å². The molecule has 0 aromatic heterocycles. The number of nitrogens with one attached hydrogen (secondary N) is 1. The zero-order valence-corrected chi connectivity index (χ0v) is 18.2. The van der Waals surface area contributed by atoms with E-state index >= 15 is 0 Å². The van der Waals surface area contributed by atoms with E-state index < -0.39 is 0 Å². The molecular weight excluding hydrogens is 392 g/mol. The molecule has 0 saturated carbocycles. The summed E-state index contributed by atoms with van der Waals surface area (Å²) in [6, 6.07) is 13.1. The highest BCUT2D eigenvalue weighted by Gasteiger charge is 2.12. The number of ether oxygens (including phenoxy) is 2. The second-order valence-corrected chi connectivity index (χ2v) is 7.44. The third-order valence-electron chi connectivity index (χ3n) is 5.22. The lowest BCUT2D eigenvalue weighted by molar-refractivity contribution is -0.123. The SMILES string of the molecule is CCNC(=O)COc1ccc(/C=C/C(=O)c2ccc(N3CCCCC3)cc2)cc1OC. The van der Waals surface area contributed by atoms with Crippen molar-refractivity contribution in [2.75, 3.05) is 38.3 Å². The first kappa shape index (κ1) is 22.4. The quantitative estimate of drug-likeness (QED) is 0.487. The highest BCUT2D eigenvalue weighted by molar-refractivity contribution is 6.07. The number of likely N-dealkylation sites (N-methyl/N-ethyl adjacent to an activating group) is 1. The third-order valence-corrected chi connectivity index (χ3v) is 5.22.